The first-order valence-corrected chi connectivity index (χ1v) is 6.80. The molecule has 1 rings (SSSR count). The zero-order chi connectivity index (χ0) is 15.1. The largest absolute Gasteiger partial charge is 0.368 e. The van der Waals surface area contributed by atoms with E-state index >= 15 is 0 Å². The summed E-state index contributed by atoms with van der Waals surface area (Å²) in [6.45, 7) is 3.59. The van der Waals surface area contributed by atoms with E-state index in [-0.39, 0.29) is 18.5 Å². The fourth-order valence-electron chi connectivity index (χ4n) is 1.99. The standard InChI is InChI=1S/C15H23N3O2/c1-11(2)18(10-14(17)19)15(20)13(16)9-8-12-6-4-3-5-7-12/h3-7,11,13H,8-10,16H2,1-2H3,(H2,17,19). The molecule has 1 atom stereocenters. The molecule has 0 aliphatic heterocycles. The fourth-order valence-corrected chi connectivity index (χ4v) is 1.99. The number of nitrogens with two attached hydrogens (primary N) is 2. The van der Waals surface area contributed by atoms with Crippen LogP contribution in [0.25, 0.3) is 0 Å². The third kappa shape index (κ3) is 5.01. The number of benzene rings is 1. The van der Waals surface area contributed by atoms with Crippen LogP contribution < -0.4 is 11.5 Å². The van der Waals surface area contributed by atoms with E-state index in [0.717, 1.165) is 12.0 Å². The van der Waals surface area contributed by atoms with Gasteiger partial charge >= 0.3 is 0 Å². The van der Waals surface area contributed by atoms with Crippen LogP contribution in [0.15, 0.2) is 30.3 Å². The summed E-state index contributed by atoms with van der Waals surface area (Å²) in [6, 6.07) is 9.14. The molecule has 110 valence electrons. The van der Waals surface area contributed by atoms with Gasteiger partial charge in [-0.3, -0.25) is 9.59 Å². The van der Waals surface area contributed by atoms with Crippen LogP contribution in [0.5, 0.6) is 0 Å². The van der Waals surface area contributed by atoms with Crippen LogP contribution in [0.1, 0.15) is 25.8 Å². The Kier molecular flexibility index (Phi) is 6.18. The number of aryl methyl sites for hydroxylation is 1. The van der Waals surface area contributed by atoms with Crippen molar-refractivity contribution < 1.29 is 9.59 Å². The Balaban J connectivity index is 2.58. The topological polar surface area (TPSA) is 89.4 Å². The van der Waals surface area contributed by atoms with Gasteiger partial charge in [-0.05, 0) is 32.3 Å². The SMILES string of the molecule is CC(C)N(CC(N)=O)C(=O)C(N)CCc1ccccc1. The second-order valence-electron chi connectivity index (χ2n) is 5.16. The molecule has 2 amide bonds. The molecule has 1 unspecified atom stereocenters. The fraction of sp³-hybridized carbons (Fsp3) is 0.467. The van der Waals surface area contributed by atoms with Crippen LogP contribution in [0.2, 0.25) is 0 Å². The molecule has 0 spiro atoms. The number of amides is 2. The van der Waals surface area contributed by atoms with Crippen molar-refractivity contribution in [2.24, 2.45) is 11.5 Å². The third-order valence-electron chi connectivity index (χ3n) is 3.14. The molecule has 0 radical (unpaired) electrons. The van der Waals surface area contributed by atoms with E-state index in [2.05, 4.69) is 0 Å². The second-order valence-corrected chi connectivity index (χ2v) is 5.16. The number of hydrogen-bond acceptors (Lipinski definition) is 3. The van der Waals surface area contributed by atoms with Gasteiger partial charge in [0.25, 0.3) is 0 Å². The van der Waals surface area contributed by atoms with E-state index in [1.165, 1.54) is 4.90 Å². The minimum Gasteiger partial charge on any atom is -0.368 e. The highest BCUT2D eigenvalue weighted by molar-refractivity contribution is 5.87. The summed E-state index contributed by atoms with van der Waals surface area (Å²) in [6.07, 6.45) is 1.28. The molecule has 0 fully saturated rings. The van der Waals surface area contributed by atoms with Gasteiger partial charge in [0, 0.05) is 6.04 Å². The average molecular weight is 277 g/mol. The van der Waals surface area contributed by atoms with E-state index < -0.39 is 11.9 Å². The monoisotopic (exact) mass is 277 g/mol. The normalized spacial score (nSPS) is 12.2. The average Bonchev–Trinajstić information content (AvgIpc) is 2.42. The number of rotatable bonds is 7. The Morgan fingerprint density at radius 1 is 1.20 bits per heavy atom. The highest BCUT2D eigenvalue weighted by atomic mass is 16.2. The Labute approximate surface area is 119 Å². The predicted octanol–water partition coefficient (Wildman–Crippen LogP) is 0.669. The first-order valence-electron chi connectivity index (χ1n) is 6.80. The van der Waals surface area contributed by atoms with E-state index in [0.29, 0.717) is 6.42 Å². The van der Waals surface area contributed by atoms with Crippen molar-refractivity contribution in [1.82, 2.24) is 4.90 Å². The van der Waals surface area contributed by atoms with Crippen molar-refractivity contribution in [2.45, 2.75) is 38.8 Å². The lowest BCUT2D eigenvalue weighted by atomic mass is 10.0. The lowest BCUT2D eigenvalue weighted by Crippen LogP contribution is -2.50. The lowest BCUT2D eigenvalue weighted by Gasteiger charge is -2.28. The summed E-state index contributed by atoms with van der Waals surface area (Å²) in [5.41, 5.74) is 12.2. The Morgan fingerprint density at radius 3 is 2.30 bits per heavy atom. The zero-order valence-corrected chi connectivity index (χ0v) is 12.1. The smallest absolute Gasteiger partial charge is 0.240 e. The van der Waals surface area contributed by atoms with Crippen molar-refractivity contribution in [3.8, 4) is 0 Å². The Bertz CT molecular complexity index is 446. The van der Waals surface area contributed by atoms with Gasteiger partial charge in [-0.2, -0.15) is 0 Å². The number of carbonyl (C=O) groups is 2. The Morgan fingerprint density at radius 2 is 1.80 bits per heavy atom. The van der Waals surface area contributed by atoms with Crippen molar-refractivity contribution in [3.05, 3.63) is 35.9 Å². The molecular weight excluding hydrogens is 254 g/mol. The number of nitrogens with zero attached hydrogens (tertiary/aromatic N) is 1. The van der Waals surface area contributed by atoms with Gasteiger partial charge in [-0.1, -0.05) is 30.3 Å². The molecule has 0 aliphatic carbocycles. The Hall–Kier alpha value is -1.88. The highest BCUT2D eigenvalue weighted by Crippen LogP contribution is 2.08. The van der Waals surface area contributed by atoms with Gasteiger partial charge in [0.1, 0.15) is 0 Å². The first-order chi connectivity index (χ1) is 9.41. The van der Waals surface area contributed by atoms with Crippen molar-refractivity contribution in [3.63, 3.8) is 0 Å². The molecule has 1 aromatic carbocycles. The minimum atomic E-state index is -0.614. The molecule has 1 aromatic rings. The van der Waals surface area contributed by atoms with Gasteiger partial charge in [0.05, 0.1) is 12.6 Å². The van der Waals surface area contributed by atoms with Crippen LogP contribution in [0.3, 0.4) is 0 Å². The van der Waals surface area contributed by atoms with Crippen LogP contribution in [0, 0.1) is 0 Å². The summed E-state index contributed by atoms with van der Waals surface area (Å²) in [5.74, 6) is -0.753. The summed E-state index contributed by atoms with van der Waals surface area (Å²) in [7, 11) is 0. The van der Waals surface area contributed by atoms with Gasteiger partial charge < -0.3 is 16.4 Å². The third-order valence-corrected chi connectivity index (χ3v) is 3.14. The summed E-state index contributed by atoms with van der Waals surface area (Å²) in [5, 5.41) is 0. The maximum absolute atomic E-state index is 12.2. The molecular formula is C15H23N3O2. The van der Waals surface area contributed by atoms with E-state index in [1.807, 2.05) is 44.2 Å². The van der Waals surface area contributed by atoms with Gasteiger partial charge in [0.15, 0.2) is 0 Å². The van der Waals surface area contributed by atoms with Crippen molar-refractivity contribution >= 4 is 11.8 Å². The molecule has 4 N–H and O–H groups in total. The summed E-state index contributed by atoms with van der Waals surface area (Å²) >= 11 is 0. The number of hydrogen-bond donors (Lipinski definition) is 2. The molecule has 0 aliphatic rings. The summed E-state index contributed by atoms with van der Waals surface area (Å²) in [4.78, 5) is 24.7. The van der Waals surface area contributed by atoms with Crippen LogP contribution in [-0.2, 0) is 16.0 Å². The molecule has 5 nitrogen and oxygen atoms in total. The molecule has 0 saturated carbocycles. The van der Waals surface area contributed by atoms with Gasteiger partial charge in [-0.15, -0.1) is 0 Å². The van der Waals surface area contributed by atoms with Gasteiger partial charge in [0.2, 0.25) is 11.8 Å². The number of carbonyl (C=O) groups excluding carboxylic acids is 2. The summed E-state index contributed by atoms with van der Waals surface area (Å²) < 4.78 is 0. The molecule has 0 aromatic heterocycles. The van der Waals surface area contributed by atoms with Gasteiger partial charge in [-0.25, -0.2) is 0 Å². The predicted molar refractivity (Wildman–Crippen MR) is 78.8 cm³/mol. The number of primary amides is 1. The van der Waals surface area contributed by atoms with E-state index in [9.17, 15) is 9.59 Å². The lowest BCUT2D eigenvalue weighted by molar-refractivity contribution is -0.138. The first kappa shape index (κ1) is 16.2. The zero-order valence-electron chi connectivity index (χ0n) is 12.1. The quantitative estimate of drug-likeness (QED) is 0.767. The van der Waals surface area contributed by atoms with Crippen molar-refractivity contribution in [2.75, 3.05) is 6.54 Å². The van der Waals surface area contributed by atoms with Crippen molar-refractivity contribution in [1.29, 1.82) is 0 Å². The molecule has 5 heteroatoms. The van der Waals surface area contributed by atoms with Crippen LogP contribution in [-0.4, -0.2) is 35.3 Å². The molecule has 0 saturated heterocycles. The minimum absolute atomic E-state index is 0.0878. The maximum atomic E-state index is 12.2. The van der Waals surface area contributed by atoms with Crippen LogP contribution in [0.4, 0.5) is 0 Å². The van der Waals surface area contributed by atoms with Crippen LogP contribution >= 0.6 is 0 Å². The van der Waals surface area contributed by atoms with E-state index in [1.54, 1.807) is 0 Å². The molecule has 0 heterocycles. The molecule has 20 heavy (non-hydrogen) atoms. The molecule has 0 bridgehead atoms. The maximum Gasteiger partial charge on any atom is 0.240 e. The van der Waals surface area contributed by atoms with E-state index in [4.69, 9.17) is 11.5 Å². The highest BCUT2D eigenvalue weighted by Gasteiger charge is 2.24. The second kappa shape index (κ2) is 7.65.